The van der Waals surface area contributed by atoms with Gasteiger partial charge in [0.25, 0.3) is 15.9 Å². The third kappa shape index (κ3) is 6.49. The van der Waals surface area contributed by atoms with E-state index < -0.39 is 15.9 Å². The number of hydrogen-bond donors (Lipinski definition) is 3. The number of hydrogen-bond acceptors (Lipinski definition) is 5. The van der Waals surface area contributed by atoms with Crippen molar-refractivity contribution in [2.45, 2.75) is 24.7 Å². The topological polar surface area (TPSA) is 114 Å². The molecule has 2 amide bonds. The maximum atomic E-state index is 12.7. The number of amides is 2. The van der Waals surface area contributed by atoms with Gasteiger partial charge in [-0.3, -0.25) is 14.3 Å². The molecule has 3 N–H and O–H groups in total. The molecular formula is C20H25N3O5S. The standard InChI is InChI=1S/C20H25N3O5S/c1-3-12-21-19(24)11-13-22-20(25)15-7-6-8-16(14-15)29(26,27)23-17-9-4-5-10-18(17)28-2/h4-10,14,23H,3,11-13H2,1-2H3,(H,21,24)(H,22,25). The van der Waals surface area contributed by atoms with E-state index >= 15 is 0 Å². The fourth-order valence-corrected chi connectivity index (χ4v) is 3.60. The van der Waals surface area contributed by atoms with Gasteiger partial charge in [-0.25, -0.2) is 8.42 Å². The number of carbonyl (C=O) groups is 2. The molecule has 0 saturated heterocycles. The number of carbonyl (C=O) groups excluding carboxylic acids is 2. The lowest BCUT2D eigenvalue weighted by atomic mass is 10.2. The Labute approximate surface area is 170 Å². The van der Waals surface area contributed by atoms with Crippen molar-refractivity contribution in [3.8, 4) is 5.75 Å². The maximum absolute atomic E-state index is 12.7. The number of para-hydroxylation sites is 2. The third-order valence-electron chi connectivity index (χ3n) is 3.97. The Balaban J connectivity index is 2.05. The molecule has 9 heteroatoms. The number of sulfonamides is 1. The van der Waals surface area contributed by atoms with Crippen LogP contribution in [0.2, 0.25) is 0 Å². The molecule has 0 aliphatic heterocycles. The molecule has 0 spiro atoms. The van der Waals surface area contributed by atoms with Crippen LogP contribution in [0.15, 0.2) is 53.4 Å². The van der Waals surface area contributed by atoms with Gasteiger partial charge in [-0.2, -0.15) is 0 Å². The van der Waals surface area contributed by atoms with Gasteiger partial charge in [0.2, 0.25) is 5.91 Å². The molecule has 0 aliphatic carbocycles. The van der Waals surface area contributed by atoms with Crippen LogP contribution in [0.4, 0.5) is 5.69 Å². The Bertz CT molecular complexity index is 960. The molecular weight excluding hydrogens is 394 g/mol. The summed E-state index contributed by atoms with van der Waals surface area (Å²) in [6, 6.07) is 12.3. The molecule has 0 radical (unpaired) electrons. The highest BCUT2D eigenvalue weighted by atomic mass is 32.2. The molecule has 0 fully saturated rings. The molecule has 0 saturated carbocycles. The molecule has 2 rings (SSSR count). The summed E-state index contributed by atoms with van der Waals surface area (Å²) in [6.07, 6.45) is 0.987. The summed E-state index contributed by atoms with van der Waals surface area (Å²) in [7, 11) is -2.48. The van der Waals surface area contributed by atoms with Crippen molar-refractivity contribution in [3.63, 3.8) is 0 Å². The van der Waals surface area contributed by atoms with Crippen LogP contribution >= 0.6 is 0 Å². The highest BCUT2D eigenvalue weighted by molar-refractivity contribution is 7.92. The van der Waals surface area contributed by atoms with Crippen molar-refractivity contribution >= 4 is 27.5 Å². The van der Waals surface area contributed by atoms with Crippen molar-refractivity contribution in [2.75, 3.05) is 24.9 Å². The number of rotatable bonds is 10. The molecule has 0 unspecified atom stereocenters. The lowest BCUT2D eigenvalue weighted by Crippen LogP contribution is -2.31. The second-order valence-corrected chi connectivity index (χ2v) is 7.87. The first-order valence-electron chi connectivity index (χ1n) is 9.18. The van der Waals surface area contributed by atoms with Gasteiger partial charge in [-0.1, -0.05) is 25.1 Å². The monoisotopic (exact) mass is 419 g/mol. The molecule has 2 aromatic rings. The van der Waals surface area contributed by atoms with Crippen molar-refractivity contribution in [2.24, 2.45) is 0 Å². The summed E-state index contributed by atoms with van der Waals surface area (Å²) in [5, 5.41) is 5.34. The summed E-state index contributed by atoms with van der Waals surface area (Å²) >= 11 is 0. The van der Waals surface area contributed by atoms with Crippen LogP contribution in [0.3, 0.4) is 0 Å². The van der Waals surface area contributed by atoms with E-state index in [0.717, 1.165) is 6.42 Å². The van der Waals surface area contributed by atoms with Gasteiger partial charge in [0.1, 0.15) is 5.75 Å². The van der Waals surface area contributed by atoms with E-state index in [4.69, 9.17) is 4.74 Å². The average molecular weight is 420 g/mol. The zero-order valence-corrected chi connectivity index (χ0v) is 17.2. The Morgan fingerprint density at radius 3 is 2.48 bits per heavy atom. The maximum Gasteiger partial charge on any atom is 0.262 e. The Hall–Kier alpha value is -3.07. The first-order chi connectivity index (χ1) is 13.9. The highest BCUT2D eigenvalue weighted by Gasteiger charge is 2.18. The van der Waals surface area contributed by atoms with E-state index in [1.807, 2.05) is 6.92 Å². The zero-order chi connectivity index (χ0) is 21.3. The average Bonchev–Trinajstić information content (AvgIpc) is 2.72. The Morgan fingerprint density at radius 2 is 1.76 bits per heavy atom. The largest absolute Gasteiger partial charge is 0.495 e. The van der Waals surface area contributed by atoms with Crippen molar-refractivity contribution in [1.82, 2.24) is 10.6 Å². The fourth-order valence-electron chi connectivity index (χ4n) is 2.48. The van der Waals surface area contributed by atoms with Crippen molar-refractivity contribution < 1.29 is 22.7 Å². The first kappa shape index (κ1) is 22.2. The summed E-state index contributed by atoms with van der Waals surface area (Å²) in [4.78, 5) is 23.8. The second kappa shape index (κ2) is 10.5. The van der Waals surface area contributed by atoms with E-state index in [9.17, 15) is 18.0 Å². The van der Waals surface area contributed by atoms with Gasteiger partial charge < -0.3 is 15.4 Å². The summed E-state index contributed by atoms with van der Waals surface area (Å²) in [5.74, 6) is -0.224. The van der Waals surface area contributed by atoms with E-state index in [-0.39, 0.29) is 29.3 Å². The lowest BCUT2D eigenvalue weighted by Gasteiger charge is -2.12. The Kier molecular flexibility index (Phi) is 8.02. The van der Waals surface area contributed by atoms with E-state index in [2.05, 4.69) is 15.4 Å². The molecule has 8 nitrogen and oxygen atoms in total. The Morgan fingerprint density at radius 1 is 1.00 bits per heavy atom. The predicted octanol–water partition coefficient (Wildman–Crippen LogP) is 2.14. The van der Waals surface area contributed by atoms with E-state index in [1.54, 1.807) is 24.3 Å². The van der Waals surface area contributed by atoms with Crippen LogP contribution in [0.1, 0.15) is 30.1 Å². The number of benzene rings is 2. The van der Waals surface area contributed by atoms with Crippen LogP contribution < -0.4 is 20.1 Å². The van der Waals surface area contributed by atoms with Crippen molar-refractivity contribution in [3.05, 3.63) is 54.1 Å². The first-order valence-corrected chi connectivity index (χ1v) is 10.7. The summed E-state index contributed by atoms with van der Waals surface area (Å²) < 4.78 is 33.0. The van der Waals surface area contributed by atoms with Crippen LogP contribution in [-0.4, -0.2) is 40.4 Å². The van der Waals surface area contributed by atoms with Gasteiger partial charge in [0.05, 0.1) is 17.7 Å². The van der Waals surface area contributed by atoms with E-state index in [0.29, 0.717) is 18.0 Å². The van der Waals surface area contributed by atoms with Gasteiger partial charge in [0, 0.05) is 25.1 Å². The highest BCUT2D eigenvalue weighted by Crippen LogP contribution is 2.26. The van der Waals surface area contributed by atoms with Gasteiger partial charge in [0.15, 0.2) is 0 Å². The summed E-state index contributed by atoms with van der Waals surface area (Å²) in [6.45, 7) is 2.70. The number of nitrogens with one attached hydrogen (secondary N) is 3. The van der Waals surface area contributed by atoms with Crippen LogP contribution in [0.5, 0.6) is 5.75 Å². The quantitative estimate of drug-likeness (QED) is 0.546. The molecule has 0 bridgehead atoms. The predicted molar refractivity (Wildman–Crippen MR) is 110 cm³/mol. The zero-order valence-electron chi connectivity index (χ0n) is 16.4. The molecule has 0 heterocycles. The number of methoxy groups -OCH3 is 1. The smallest absolute Gasteiger partial charge is 0.262 e. The van der Waals surface area contributed by atoms with Gasteiger partial charge in [-0.15, -0.1) is 0 Å². The number of ether oxygens (including phenoxy) is 1. The fraction of sp³-hybridized carbons (Fsp3) is 0.300. The molecule has 29 heavy (non-hydrogen) atoms. The summed E-state index contributed by atoms with van der Waals surface area (Å²) in [5.41, 5.74) is 0.477. The molecule has 156 valence electrons. The minimum atomic E-state index is -3.92. The van der Waals surface area contributed by atoms with Crippen LogP contribution in [-0.2, 0) is 14.8 Å². The van der Waals surface area contributed by atoms with E-state index in [1.165, 1.54) is 31.4 Å². The molecule has 0 aliphatic rings. The second-order valence-electron chi connectivity index (χ2n) is 6.19. The van der Waals surface area contributed by atoms with Crippen LogP contribution in [0, 0.1) is 0 Å². The third-order valence-corrected chi connectivity index (χ3v) is 5.33. The lowest BCUT2D eigenvalue weighted by molar-refractivity contribution is -0.120. The minimum Gasteiger partial charge on any atom is -0.495 e. The normalized spacial score (nSPS) is 10.8. The van der Waals surface area contributed by atoms with Gasteiger partial charge >= 0.3 is 0 Å². The van der Waals surface area contributed by atoms with Gasteiger partial charge in [-0.05, 0) is 36.8 Å². The van der Waals surface area contributed by atoms with Crippen molar-refractivity contribution in [1.29, 1.82) is 0 Å². The minimum absolute atomic E-state index is 0.0586. The molecule has 2 aromatic carbocycles. The number of anilines is 1. The van der Waals surface area contributed by atoms with Crippen LogP contribution in [0.25, 0.3) is 0 Å². The SMILES string of the molecule is CCCNC(=O)CCNC(=O)c1cccc(S(=O)(=O)Nc2ccccc2OC)c1. The molecule has 0 atom stereocenters. The molecule has 0 aromatic heterocycles.